The van der Waals surface area contributed by atoms with Crippen LogP contribution < -0.4 is 33.6 Å². The minimum Gasteiger partial charge on any atom is -0.370 e. The predicted molar refractivity (Wildman–Crippen MR) is 111 cm³/mol. The molecule has 0 aromatic heterocycles. The summed E-state index contributed by atoms with van der Waals surface area (Å²) in [6.45, 7) is 0.544. The maximum Gasteiger partial charge on any atom is 0.318 e. The number of halogens is 2. The highest BCUT2D eigenvalue weighted by molar-refractivity contribution is 6.07. The molecule has 28 heavy (non-hydrogen) atoms. The molecule has 162 valence electrons. The monoisotopic (exact) mass is 441 g/mol. The first-order valence-corrected chi connectivity index (χ1v) is 8.19. The number of nitrogens with one attached hydrogen (secondary N) is 2. The topological polar surface area (TPSA) is 207 Å². The molecular formula is C14H29Cl2N9O3. The van der Waals surface area contributed by atoms with Crippen molar-refractivity contribution in [3.8, 4) is 0 Å². The summed E-state index contributed by atoms with van der Waals surface area (Å²) in [6, 6.07) is -1.93. The smallest absolute Gasteiger partial charge is 0.318 e. The Balaban J connectivity index is 0. The van der Waals surface area contributed by atoms with Gasteiger partial charge in [-0.15, -0.1) is 24.8 Å². The van der Waals surface area contributed by atoms with Crippen LogP contribution in [0.4, 0.5) is 4.79 Å². The Bertz CT molecular complexity index is 597. The Kier molecular flexibility index (Phi) is 13.8. The van der Waals surface area contributed by atoms with Gasteiger partial charge in [0.05, 0.1) is 6.54 Å². The molecule has 2 atom stereocenters. The van der Waals surface area contributed by atoms with E-state index in [1.165, 1.54) is 11.9 Å². The Morgan fingerprint density at radius 2 is 1.96 bits per heavy atom. The number of aliphatic imine (C=N–C) groups is 2. The number of unbranched alkanes of at least 4 members (excludes halogenated alkanes) is 1. The van der Waals surface area contributed by atoms with Crippen LogP contribution in [0.3, 0.4) is 0 Å². The summed E-state index contributed by atoms with van der Waals surface area (Å²) in [4.78, 5) is 44.3. The van der Waals surface area contributed by atoms with Crippen LogP contribution in [0.15, 0.2) is 9.98 Å². The van der Waals surface area contributed by atoms with Gasteiger partial charge in [-0.25, -0.2) is 9.79 Å². The summed E-state index contributed by atoms with van der Waals surface area (Å²) >= 11 is 0. The normalized spacial score (nSPS) is 16.3. The van der Waals surface area contributed by atoms with Gasteiger partial charge in [0, 0.05) is 26.1 Å². The molecule has 1 unspecified atom stereocenters. The van der Waals surface area contributed by atoms with E-state index in [0.29, 0.717) is 13.0 Å². The Labute approximate surface area is 175 Å². The molecule has 1 heterocycles. The minimum absolute atomic E-state index is 0. The lowest BCUT2D eigenvalue weighted by Gasteiger charge is -2.30. The maximum atomic E-state index is 12.3. The molecule has 1 rings (SSSR count). The van der Waals surface area contributed by atoms with Crippen LogP contribution in [0.2, 0.25) is 0 Å². The summed E-state index contributed by atoms with van der Waals surface area (Å²) < 4.78 is 0. The number of primary amides is 1. The van der Waals surface area contributed by atoms with Crippen molar-refractivity contribution in [3.05, 3.63) is 0 Å². The van der Waals surface area contributed by atoms with E-state index >= 15 is 0 Å². The molecule has 0 fully saturated rings. The lowest BCUT2D eigenvalue weighted by atomic mass is 10.1. The van der Waals surface area contributed by atoms with Gasteiger partial charge < -0.3 is 27.8 Å². The summed E-state index contributed by atoms with van der Waals surface area (Å²) in [5.41, 5.74) is 21.4. The molecule has 0 aromatic carbocycles. The molecule has 12 nitrogen and oxygen atoms in total. The van der Waals surface area contributed by atoms with Crippen molar-refractivity contribution in [1.29, 1.82) is 0 Å². The quantitative estimate of drug-likeness (QED) is 0.142. The average molecular weight is 442 g/mol. The number of urea groups is 1. The largest absolute Gasteiger partial charge is 0.370 e. The van der Waals surface area contributed by atoms with Gasteiger partial charge in [0.15, 0.2) is 5.96 Å². The molecule has 14 heteroatoms. The van der Waals surface area contributed by atoms with E-state index in [0.717, 1.165) is 12.8 Å². The zero-order chi connectivity index (χ0) is 19.7. The van der Waals surface area contributed by atoms with Crippen molar-refractivity contribution in [2.24, 2.45) is 32.9 Å². The molecule has 0 aliphatic carbocycles. The molecule has 0 saturated carbocycles. The van der Waals surface area contributed by atoms with Crippen molar-refractivity contribution in [2.75, 3.05) is 20.1 Å². The van der Waals surface area contributed by atoms with Gasteiger partial charge in [-0.1, -0.05) is 6.42 Å². The first kappa shape index (κ1) is 27.9. The Morgan fingerprint density at radius 3 is 2.50 bits per heavy atom. The standard InChI is InChI=1S/C14H27N9O3.2ClH/c1-23(9-7-20-14(21-11(9)25)22-13(18)26)10(24)6-8(15)4-2-3-5-19-12(16)17;;/h8-9H,2-7,15H2,1H3,(H4,16,17,19)(H4,18,20,21,22,25,26);2*1H/t8-,9?;;/m0../s1. The summed E-state index contributed by atoms with van der Waals surface area (Å²) in [5, 5.41) is 4.57. The van der Waals surface area contributed by atoms with Crippen LogP contribution in [0.1, 0.15) is 25.7 Å². The lowest BCUT2D eigenvalue weighted by molar-refractivity contribution is -0.138. The molecule has 4 amide bonds. The van der Waals surface area contributed by atoms with E-state index in [1.54, 1.807) is 0 Å². The number of likely N-dealkylation sites (N-methyl/N-ethyl adjacent to an activating group) is 1. The number of hydrogen-bond donors (Lipinski definition) is 6. The van der Waals surface area contributed by atoms with E-state index in [9.17, 15) is 14.4 Å². The predicted octanol–water partition coefficient (Wildman–Crippen LogP) is -2.03. The van der Waals surface area contributed by atoms with E-state index in [2.05, 4.69) is 20.6 Å². The third-order valence-corrected chi connectivity index (χ3v) is 3.78. The van der Waals surface area contributed by atoms with Crippen molar-refractivity contribution in [2.45, 2.75) is 37.8 Å². The molecule has 10 N–H and O–H groups in total. The SMILES string of the molecule is CN(C(=O)C[C@@H](N)CCCCN=C(N)N)C1CN=C(NC(N)=O)NC1=O.Cl.Cl. The summed E-state index contributed by atoms with van der Waals surface area (Å²) in [6.07, 6.45) is 2.30. The molecule has 0 saturated heterocycles. The molecule has 0 radical (unpaired) electrons. The van der Waals surface area contributed by atoms with Crippen LogP contribution >= 0.6 is 24.8 Å². The van der Waals surface area contributed by atoms with Gasteiger partial charge in [0.2, 0.25) is 11.9 Å². The van der Waals surface area contributed by atoms with E-state index < -0.39 is 18.0 Å². The third kappa shape index (κ3) is 10.1. The number of rotatable bonds is 8. The second-order valence-corrected chi connectivity index (χ2v) is 5.95. The van der Waals surface area contributed by atoms with Crippen LogP contribution in [0.25, 0.3) is 0 Å². The summed E-state index contributed by atoms with van der Waals surface area (Å²) in [7, 11) is 1.51. The van der Waals surface area contributed by atoms with Crippen molar-refractivity contribution < 1.29 is 14.4 Å². The van der Waals surface area contributed by atoms with Gasteiger partial charge in [-0.3, -0.25) is 25.2 Å². The fourth-order valence-electron chi connectivity index (χ4n) is 2.36. The van der Waals surface area contributed by atoms with Gasteiger partial charge in [-0.05, 0) is 12.8 Å². The van der Waals surface area contributed by atoms with Crippen molar-refractivity contribution >= 4 is 54.6 Å². The first-order chi connectivity index (χ1) is 12.2. The van der Waals surface area contributed by atoms with Crippen LogP contribution in [-0.2, 0) is 9.59 Å². The van der Waals surface area contributed by atoms with Crippen LogP contribution in [0.5, 0.6) is 0 Å². The van der Waals surface area contributed by atoms with Gasteiger partial charge in [-0.2, -0.15) is 0 Å². The molecular weight excluding hydrogens is 413 g/mol. The number of carbonyl (C=O) groups is 3. The van der Waals surface area contributed by atoms with Gasteiger partial charge in [0.1, 0.15) is 6.04 Å². The van der Waals surface area contributed by atoms with E-state index in [-0.39, 0.29) is 61.6 Å². The second kappa shape index (κ2) is 13.8. The number of carbonyl (C=O) groups excluding carboxylic acids is 3. The molecule has 0 bridgehead atoms. The third-order valence-electron chi connectivity index (χ3n) is 3.78. The van der Waals surface area contributed by atoms with E-state index in [1.807, 2.05) is 0 Å². The Morgan fingerprint density at radius 1 is 1.32 bits per heavy atom. The highest BCUT2D eigenvalue weighted by Crippen LogP contribution is 2.09. The molecule has 0 aromatic rings. The summed E-state index contributed by atoms with van der Waals surface area (Å²) in [5.74, 6) is -0.695. The molecule has 0 spiro atoms. The van der Waals surface area contributed by atoms with Crippen molar-refractivity contribution in [1.82, 2.24) is 15.5 Å². The number of nitrogens with zero attached hydrogens (tertiary/aromatic N) is 3. The number of nitrogens with two attached hydrogens (primary N) is 4. The van der Waals surface area contributed by atoms with E-state index in [4.69, 9.17) is 22.9 Å². The average Bonchev–Trinajstić information content (AvgIpc) is 2.53. The molecule has 1 aliphatic rings. The van der Waals surface area contributed by atoms with Crippen LogP contribution in [-0.4, -0.2) is 66.9 Å². The second-order valence-electron chi connectivity index (χ2n) is 5.95. The fourth-order valence-corrected chi connectivity index (χ4v) is 2.36. The minimum atomic E-state index is -0.835. The fraction of sp³-hybridized carbons (Fsp3) is 0.643. The lowest BCUT2D eigenvalue weighted by Crippen LogP contribution is -2.58. The van der Waals surface area contributed by atoms with Crippen LogP contribution in [0, 0.1) is 0 Å². The number of amides is 4. The van der Waals surface area contributed by atoms with Gasteiger partial charge in [0.25, 0.3) is 5.91 Å². The number of guanidine groups is 2. The van der Waals surface area contributed by atoms with Crippen molar-refractivity contribution in [3.63, 3.8) is 0 Å². The Hall–Kier alpha value is -2.31. The highest BCUT2D eigenvalue weighted by atomic mass is 35.5. The van der Waals surface area contributed by atoms with Gasteiger partial charge >= 0.3 is 6.03 Å². The zero-order valence-electron chi connectivity index (χ0n) is 15.6. The highest BCUT2D eigenvalue weighted by Gasteiger charge is 2.31. The maximum absolute atomic E-state index is 12.3. The number of hydrogen-bond acceptors (Lipinski definition) is 6. The molecule has 1 aliphatic heterocycles. The first-order valence-electron chi connectivity index (χ1n) is 8.19. The zero-order valence-corrected chi connectivity index (χ0v) is 17.2.